The third kappa shape index (κ3) is 2.01. The van der Waals surface area contributed by atoms with Crippen LogP contribution < -0.4 is 10.5 Å². The average molecular weight is 213 g/mol. The van der Waals surface area contributed by atoms with Crippen LogP contribution >= 0.6 is 0 Å². The predicted octanol–water partition coefficient (Wildman–Crippen LogP) is 3.33. The molecule has 0 amide bonds. The third-order valence-electron chi connectivity index (χ3n) is 2.44. The van der Waals surface area contributed by atoms with E-state index in [0.29, 0.717) is 6.61 Å². The summed E-state index contributed by atoms with van der Waals surface area (Å²) in [6.07, 6.45) is 0. The minimum atomic E-state index is 0.656. The lowest BCUT2D eigenvalue weighted by Crippen LogP contribution is -1.95. The Hall–Kier alpha value is -1.96. The molecular formula is C14H15NO. The van der Waals surface area contributed by atoms with E-state index < -0.39 is 0 Å². The molecule has 0 radical (unpaired) electrons. The van der Waals surface area contributed by atoms with Crippen LogP contribution in [0, 0.1) is 0 Å². The van der Waals surface area contributed by atoms with E-state index in [1.807, 2.05) is 55.5 Å². The molecule has 0 unspecified atom stereocenters. The molecule has 16 heavy (non-hydrogen) atoms. The van der Waals surface area contributed by atoms with Crippen molar-refractivity contribution in [1.82, 2.24) is 0 Å². The van der Waals surface area contributed by atoms with Gasteiger partial charge in [0.15, 0.2) is 0 Å². The summed E-state index contributed by atoms with van der Waals surface area (Å²) in [6.45, 7) is 2.63. The van der Waals surface area contributed by atoms with Crippen LogP contribution in [0.4, 0.5) is 5.69 Å². The largest absolute Gasteiger partial charge is 0.493 e. The Morgan fingerprint density at radius 2 is 1.56 bits per heavy atom. The highest BCUT2D eigenvalue weighted by Crippen LogP contribution is 2.33. The number of hydrogen-bond acceptors (Lipinski definition) is 2. The second kappa shape index (κ2) is 4.71. The fourth-order valence-electron chi connectivity index (χ4n) is 1.71. The molecule has 0 fully saturated rings. The molecular weight excluding hydrogens is 198 g/mol. The molecule has 2 aromatic rings. The zero-order valence-corrected chi connectivity index (χ0v) is 9.31. The summed E-state index contributed by atoms with van der Waals surface area (Å²) in [4.78, 5) is 0. The first-order valence-corrected chi connectivity index (χ1v) is 5.39. The number of nitrogen functional groups attached to an aromatic ring is 1. The van der Waals surface area contributed by atoms with Gasteiger partial charge in [0.05, 0.1) is 6.61 Å². The van der Waals surface area contributed by atoms with Crippen LogP contribution in [0.15, 0.2) is 48.5 Å². The second-order valence-electron chi connectivity index (χ2n) is 3.52. The van der Waals surface area contributed by atoms with Crippen molar-refractivity contribution >= 4 is 5.69 Å². The summed E-state index contributed by atoms with van der Waals surface area (Å²) in [6, 6.07) is 15.8. The van der Waals surface area contributed by atoms with Crippen LogP contribution in [0.1, 0.15) is 6.92 Å². The molecule has 0 aliphatic rings. The van der Waals surface area contributed by atoms with E-state index in [9.17, 15) is 0 Å². The molecule has 0 saturated heterocycles. The molecule has 0 saturated carbocycles. The van der Waals surface area contributed by atoms with Crippen LogP contribution in [0.2, 0.25) is 0 Å². The molecule has 0 aliphatic carbocycles. The van der Waals surface area contributed by atoms with Crippen molar-refractivity contribution in [2.24, 2.45) is 0 Å². The maximum absolute atomic E-state index is 5.96. The SMILES string of the molecule is CCOc1ccccc1-c1ccccc1N. The molecule has 0 bridgehead atoms. The van der Waals surface area contributed by atoms with Crippen molar-refractivity contribution in [3.8, 4) is 16.9 Å². The van der Waals surface area contributed by atoms with E-state index >= 15 is 0 Å². The zero-order chi connectivity index (χ0) is 11.4. The van der Waals surface area contributed by atoms with E-state index in [0.717, 1.165) is 22.6 Å². The number of nitrogens with two attached hydrogens (primary N) is 1. The van der Waals surface area contributed by atoms with Crippen LogP contribution in [0.5, 0.6) is 5.75 Å². The summed E-state index contributed by atoms with van der Waals surface area (Å²) >= 11 is 0. The molecule has 0 heterocycles. The van der Waals surface area contributed by atoms with Crippen LogP contribution in [-0.4, -0.2) is 6.61 Å². The molecule has 0 aromatic heterocycles. The molecule has 0 atom stereocenters. The summed E-state index contributed by atoms with van der Waals surface area (Å²) in [5.74, 6) is 0.878. The maximum Gasteiger partial charge on any atom is 0.127 e. The summed E-state index contributed by atoms with van der Waals surface area (Å²) in [5, 5.41) is 0. The fraction of sp³-hybridized carbons (Fsp3) is 0.143. The molecule has 0 spiro atoms. The molecule has 2 aromatic carbocycles. The topological polar surface area (TPSA) is 35.2 Å². The van der Waals surface area contributed by atoms with Crippen molar-refractivity contribution in [1.29, 1.82) is 0 Å². The Kier molecular flexibility index (Phi) is 3.10. The van der Waals surface area contributed by atoms with Gasteiger partial charge >= 0.3 is 0 Å². The van der Waals surface area contributed by atoms with Crippen molar-refractivity contribution in [2.75, 3.05) is 12.3 Å². The normalized spacial score (nSPS) is 10.1. The third-order valence-corrected chi connectivity index (χ3v) is 2.44. The van der Waals surface area contributed by atoms with Crippen LogP contribution in [-0.2, 0) is 0 Å². The van der Waals surface area contributed by atoms with Crippen LogP contribution in [0.3, 0.4) is 0 Å². The highest BCUT2D eigenvalue weighted by atomic mass is 16.5. The molecule has 2 nitrogen and oxygen atoms in total. The Bertz CT molecular complexity index is 480. The first-order chi connectivity index (χ1) is 7.83. The average Bonchev–Trinajstić information content (AvgIpc) is 2.31. The summed E-state index contributed by atoms with van der Waals surface area (Å²) in [5.41, 5.74) is 8.80. The number of anilines is 1. The monoisotopic (exact) mass is 213 g/mol. The lowest BCUT2D eigenvalue weighted by atomic mass is 10.0. The van der Waals surface area contributed by atoms with Gasteiger partial charge in [0.1, 0.15) is 5.75 Å². The van der Waals surface area contributed by atoms with Gasteiger partial charge in [-0.25, -0.2) is 0 Å². The van der Waals surface area contributed by atoms with Crippen molar-refractivity contribution < 1.29 is 4.74 Å². The summed E-state index contributed by atoms with van der Waals surface area (Å²) in [7, 11) is 0. The highest BCUT2D eigenvalue weighted by Gasteiger charge is 2.07. The Balaban J connectivity index is 2.51. The predicted molar refractivity (Wildman–Crippen MR) is 67.5 cm³/mol. The first kappa shape index (κ1) is 10.6. The Morgan fingerprint density at radius 3 is 2.25 bits per heavy atom. The minimum absolute atomic E-state index is 0.656. The fourth-order valence-corrected chi connectivity index (χ4v) is 1.71. The van der Waals surface area contributed by atoms with Gasteiger partial charge in [-0.2, -0.15) is 0 Å². The number of benzene rings is 2. The minimum Gasteiger partial charge on any atom is -0.493 e. The van der Waals surface area contributed by atoms with Gasteiger partial charge in [0, 0.05) is 16.8 Å². The number of hydrogen-bond donors (Lipinski definition) is 1. The molecule has 2 heteroatoms. The standard InChI is InChI=1S/C14H15NO/c1-2-16-14-10-6-4-8-12(14)11-7-3-5-9-13(11)15/h3-10H,2,15H2,1H3. The van der Waals surface area contributed by atoms with Gasteiger partial charge in [-0.1, -0.05) is 36.4 Å². The van der Waals surface area contributed by atoms with Crippen molar-refractivity contribution in [3.63, 3.8) is 0 Å². The molecule has 82 valence electrons. The number of para-hydroxylation sites is 2. The van der Waals surface area contributed by atoms with E-state index in [-0.39, 0.29) is 0 Å². The van der Waals surface area contributed by atoms with Gasteiger partial charge in [-0.15, -0.1) is 0 Å². The highest BCUT2D eigenvalue weighted by molar-refractivity contribution is 5.80. The van der Waals surface area contributed by atoms with Crippen molar-refractivity contribution in [2.45, 2.75) is 6.92 Å². The maximum atomic E-state index is 5.96. The smallest absolute Gasteiger partial charge is 0.127 e. The van der Waals surface area contributed by atoms with Gasteiger partial charge in [-0.3, -0.25) is 0 Å². The molecule has 0 aliphatic heterocycles. The Labute approximate surface area is 95.7 Å². The van der Waals surface area contributed by atoms with Crippen molar-refractivity contribution in [3.05, 3.63) is 48.5 Å². The molecule has 2 N–H and O–H groups in total. The lowest BCUT2D eigenvalue weighted by Gasteiger charge is -2.11. The quantitative estimate of drug-likeness (QED) is 0.794. The number of rotatable bonds is 3. The van der Waals surface area contributed by atoms with E-state index in [4.69, 9.17) is 10.5 Å². The molecule has 2 rings (SSSR count). The van der Waals surface area contributed by atoms with Gasteiger partial charge in [-0.05, 0) is 19.1 Å². The van der Waals surface area contributed by atoms with Gasteiger partial charge < -0.3 is 10.5 Å². The lowest BCUT2D eigenvalue weighted by molar-refractivity contribution is 0.341. The van der Waals surface area contributed by atoms with E-state index in [1.165, 1.54) is 0 Å². The summed E-state index contributed by atoms with van der Waals surface area (Å²) < 4.78 is 5.59. The van der Waals surface area contributed by atoms with E-state index in [2.05, 4.69) is 0 Å². The first-order valence-electron chi connectivity index (χ1n) is 5.39. The van der Waals surface area contributed by atoms with E-state index in [1.54, 1.807) is 0 Å². The zero-order valence-electron chi connectivity index (χ0n) is 9.31. The Morgan fingerprint density at radius 1 is 0.938 bits per heavy atom. The van der Waals surface area contributed by atoms with Crippen LogP contribution in [0.25, 0.3) is 11.1 Å². The number of ether oxygens (including phenoxy) is 1. The second-order valence-corrected chi connectivity index (χ2v) is 3.52. The van der Waals surface area contributed by atoms with Gasteiger partial charge in [0.25, 0.3) is 0 Å². The van der Waals surface area contributed by atoms with Gasteiger partial charge in [0.2, 0.25) is 0 Å².